The number of imidazole rings is 1. The number of fused-ring (bicyclic) bond motifs is 1. The molecule has 0 fully saturated rings. The van der Waals surface area contributed by atoms with Crippen LogP contribution >= 0.6 is 11.6 Å². The second kappa shape index (κ2) is 5.15. The third kappa shape index (κ3) is 2.24. The van der Waals surface area contributed by atoms with E-state index >= 15 is 0 Å². The number of nitrogens with one attached hydrogen (secondary N) is 1. The van der Waals surface area contributed by atoms with Crippen LogP contribution in [0.4, 0.5) is 0 Å². The molecular formula is C15H14ClN3O. The van der Waals surface area contributed by atoms with Crippen molar-refractivity contribution >= 4 is 22.6 Å². The lowest BCUT2D eigenvalue weighted by atomic mass is 10.2. The molecule has 0 saturated carbocycles. The molecule has 3 N–H and O–H groups in total. The molecule has 0 saturated heterocycles. The van der Waals surface area contributed by atoms with Gasteiger partial charge in [0.15, 0.2) is 0 Å². The molecular weight excluding hydrogens is 274 g/mol. The van der Waals surface area contributed by atoms with Crippen molar-refractivity contribution in [2.45, 2.75) is 6.54 Å². The normalized spacial score (nSPS) is 10.9. The molecule has 1 heterocycles. The van der Waals surface area contributed by atoms with Gasteiger partial charge in [-0.3, -0.25) is 0 Å². The van der Waals surface area contributed by atoms with E-state index < -0.39 is 0 Å². The van der Waals surface area contributed by atoms with Crippen molar-refractivity contribution in [2.75, 3.05) is 7.11 Å². The van der Waals surface area contributed by atoms with Gasteiger partial charge in [-0.25, -0.2) is 4.98 Å². The Morgan fingerprint density at radius 2 is 2.10 bits per heavy atom. The van der Waals surface area contributed by atoms with Crippen molar-refractivity contribution in [1.82, 2.24) is 9.97 Å². The van der Waals surface area contributed by atoms with Crippen molar-refractivity contribution in [3.05, 3.63) is 47.0 Å². The third-order valence-electron chi connectivity index (χ3n) is 3.20. The van der Waals surface area contributed by atoms with Crippen LogP contribution in [0.3, 0.4) is 0 Å². The van der Waals surface area contributed by atoms with Gasteiger partial charge < -0.3 is 15.5 Å². The fourth-order valence-corrected chi connectivity index (χ4v) is 2.33. The highest BCUT2D eigenvalue weighted by Gasteiger charge is 2.11. The van der Waals surface area contributed by atoms with Gasteiger partial charge in [-0.05, 0) is 35.9 Å². The number of nitrogens with zero attached hydrogens (tertiary/aromatic N) is 1. The lowest BCUT2D eigenvalue weighted by Crippen LogP contribution is -1.95. The van der Waals surface area contributed by atoms with Crippen molar-refractivity contribution in [3.63, 3.8) is 0 Å². The van der Waals surface area contributed by atoms with Gasteiger partial charge in [0, 0.05) is 11.6 Å². The van der Waals surface area contributed by atoms with Gasteiger partial charge in [0.25, 0.3) is 0 Å². The SMILES string of the molecule is COc1cc(Cl)ccc1-c1nc2ccc(CN)cc2[nH]1. The summed E-state index contributed by atoms with van der Waals surface area (Å²) >= 11 is 5.98. The molecule has 0 aliphatic heterocycles. The molecule has 0 amide bonds. The smallest absolute Gasteiger partial charge is 0.142 e. The second-order valence-electron chi connectivity index (χ2n) is 4.49. The Balaban J connectivity index is 2.14. The van der Waals surface area contributed by atoms with E-state index in [9.17, 15) is 0 Å². The lowest BCUT2D eigenvalue weighted by Gasteiger charge is -2.06. The number of aromatic nitrogens is 2. The quantitative estimate of drug-likeness (QED) is 0.776. The molecule has 5 heteroatoms. The number of aromatic amines is 1. The molecule has 0 radical (unpaired) electrons. The number of halogens is 1. The number of rotatable bonds is 3. The Morgan fingerprint density at radius 3 is 2.85 bits per heavy atom. The third-order valence-corrected chi connectivity index (χ3v) is 3.44. The minimum Gasteiger partial charge on any atom is -0.496 e. The van der Waals surface area contributed by atoms with Gasteiger partial charge in [0.2, 0.25) is 0 Å². The van der Waals surface area contributed by atoms with Crippen LogP contribution in [0.2, 0.25) is 5.02 Å². The number of nitrogens with two attached hydrogens (primary N) is 1. The number of methoxy groups -OCH3 is 1. The summed E-state index contributed by atoms with van der Waals surface area (Å²) in [6, 6.07) is 11.4. The van der Waals surface area contributed by atoms with E-state index in [4.69, 9.17) is 22.1 Å². The Labute approximate surface area is 121 Å². The van der Waals surface area contributed by atoms with Gasteiger partial charge in [0.05, 0.1) is 23.7 Å². The topological polar surface area (TPSA) is 63.9 Å². The van der Waals surface area contributed by atoms with Gasteiger partial charge in [-0.2, -0.15) is 0 Å². The molecule has 3 rings (SSSR count). The summed E-state index contributed by atoms with van der Waals surface area (Å²) in [7, 11) is 1.62. The van der Waals surface area contributed by atoms with E-state index in [1.807, 2.05) is 30.3 Å². The minimum absolute atomic E-state index is 0.508. The molecule has 0 unspecified atom stereocenters. The van der Waals surface area contributed by atoms with Crippen molar-refractivity contribution in [2.24, 2.45) is 5.73 Å². The van der Waals surface area contributed by atoms with Crippen LogP contribution in [0, 0.1) is 0 Å². The summed E-state index contributed by atoms with van der Waals surface area (Å²) in [5, 5.41) is 0.632. The van der Waals surface area contributed by atoms with Crippen molar-refractivity contribution in [1.29, 1.82) is 0 Å². The number of benzene rings is 2. The summed E-state index contributed by atoms with van der Waals surface area (Å²) in [5.74, 6) is 1.44. The fourth-order valence-electron chi connectivity index (χ4n) is 2.17. The van der Waals surface area contributed by atoms with Gasteiger partial charge in [-0.1, -0.05) is 17.7 Å². The number of ether oxygens (including phenoxy) is 1. The van der Waals surface area contributed by atoms with Crippen LogP contribution in [-0.4, -0.2) is 17.1 Å². The molecule has 0 spiro atoms. The summed E-state index contributed by atoms with van der Waals surface area (Å²) in [6.07, 6.45) is 0. The molecule has 4 nitrogen and oxygen atoms in total. The molecule has 0 aliphatic carbocycles. The zero-order valence-corrected chi connectivity index (χ0v) is 11.7. The van der Waals surface area contributed by atoms with E-state index in [-0.39, 0.29) is 0 Å². The Kier molecular flexibility index (Phi) is 3.34. The van der Waals surface area contributed by atoms with Crippen LogP contribution < -0.4 is 10.5 Å². The highest BCUT2D eigenvalue weighted by molar-refractivity contribution is 6.30. The molecule has 1 aromatic heterocycles. The summed E-state index contributed by atoms with van der Waals surface area (Å²) in [5.41, 5.74) is 9.45. The maximum atomic E-state index is 5.98. The highest BCUT2D eigenvalue weighted by atomic mass is 35.5. The van der Waals surface area contributed by atoms with Crippen LogP contribution in [-0.2, 0) is 6.54 Å². The first-order valence-corrected chi connectivity index (χ1v) is 6.61. The lowest BCUT2D eigenvalue weighted by molar-refractivity contribution is 0.416. The Morgan fingerprint density at radius 1 is 1.25 bits per heavy atom. The number of H-pyrrole nitrogens is 1. The largest absolute Gasteiger partial charge is 0.496 e. The molecule has 20 heavy (non-hydrogen) atoms. The Bertz CT molecular complexity index is 767. The number of hydrogen-bond donors (Lipinski definition) is 2. The van der Waals surface area contributed by atoms with E-state index in [1.165, 1.54) is 0 Å². The van der Waals surface area contributed by atoms with E-state index in [0.29, 0.717) is 17.3 Å². The van der Waals surface area contributed by atoms with Gasteiger partial charge >= 0.3 is 0 Å². The molecule has 3 aromatic rings. The average molecular weight is 288 g/mol. The monoisotopic (exact) mass is 287 g/mol. The maximum Gasteiger partial charge on any atom is 0.142 e. The zero-order valence-electron chi connectivity index (χ0n) is 11.0. The standard InChI is InChI=1S/C15H14ClN3O/c1-20-14-7-10(16)3-4-11(14)15-18-12-5-2-9(8-17)6-13(12)19-15/h2-7H,8,17H2,1H3,(H,18,19). The van der Waals surface area contributed by atoms with Gasteiger partial charge in [-0.15, -0.1) is 0 Å². The predicted octanol–water partition coefficient (Wildman–Crippen LogP) is 3.35. The van der Waals surface area contributed by atoms with Crippen LogP contribution in [0.15, 0.2) is 36.4 Å². The van der Waals surface area contributed by atoms with E-state index in [2.05, 4.69) is 9.97 Å². The molecule has 0 atom stereocenters. The van der Waals surface area contributed by atoms with Gasteiger partial charge in [0.1, 0.15) is 11.6 Å². The molecule has 0 aliphatic rings. The average Bonchev–Trinajstić information content (AvgIpc) is 2.89. The van der Waals surface area contributed by atoms with Crippen molar-refractivity contribution in [3.8, 4) is 17.1 Å². The zero-order chi connectivity index (χ0) is 14.1. The first-order valence-electron chi connectivity index (χ1n) is 6.24. The predicted molar refractivity (Wildman–Crippen MR) is 81.0 cm³/mol. The summed E-state index contributed by atoms with van der Waals surface area (Å²) < 4.78 is 5.36. The fraction of sp³-hybridized carbons (Fsp3) is 0.133. The second-order valence-corrected chi connectivity index (χ2v) is 4.92. The Hall–Kier alpha value is -2.04. The first-order chi connectivity index (χ1) is 9.71. The number of hydrogen-bond acceptors (Lipinski definition) is 3. The molecule has 102 valence electrons. The van der Waals surface area contributed by atoms with E-state index in [0.717, 1.165) is 28.0 Å². The maximum absolute atomic E-state index is 5.98. The molecule has 2 aromatic carbocycles. The first kappa shape index (κ1) is 13.0. The highest BCUT2D eigenvalue weighted by Crippen LogP contribution is 2.31. The summed E-state index contributed by atoms with van der Waals surface area (Å²) in [6.45, 7) is 0.508. The summed E-state index contributed by atoms with van der Waals surface area (Å²) in [4.78, 5) is 7.87. The van der Waals surface area contributed by atoms with Crippen LogP contribution in [0.5, 0.6) is 5.75 Å². The van der Waals surface area contributed by atoms with Crippen molar-refractivity contribution < 1.29 is 4.74 Å². The van der Waals surface area contributed by atoms with Crippen LogP contribution in [0.1, 0.15) is 5.56 Å². The van der Waals surface area contributed by atoms with Crippen LogP contribution in [0.25, 0.3) is 22.4 Å². The van der Waals surface area contributed by atoms with E-state index in [1.54, 1.807) is 13.2 Å². The minimum atomic E-state index is 0.508. The molecule has 0 bridgehead atoms.